The molecule has 0 aromatic heterocycles. The summed E-state index contributed by atoms with van der Waals surface area (Å²) in [6.45, 7) is -2.16. The molecule has 0 aromatic carbocycles. The van der Waals surface area contributed by atoms with Crippen molar-refractivity contribution in [3.05, 3.63) is 0 Å². The van der Waals surface area contributed by atoms with E-state index >= 15 is 0 Å². The van der Waals surface area contributed by atoms with Crippen molar-refractivity contribution < 1.29 is 55.4 Å². The van der Waals surface area contributed by atoms with Crippen molar-refractivity contribution in [2.24, 2.45) is 0 Å². The lowest BCUT2D eigenvalue weighted by Gasteiger charge is -2.40. The third kappa shape index (κ3) is 5.01. The molecule has 0 amide bonds. The Balaban J connectivity index is 2.55. The largest absolute Gasteiger partial charge is 0.394 e. The van der Waals surface area contributed by atoms with E-state index in [1.54, 1.807) is 0 Å². The fraction of sp³-hybridized carbons (Fsp3) is 1.00. The molecule has 0 radical (unpaired) electrons. The zero-order valence-electron chi connectivity index (χ0n) is 12.2. The zero-order chi connectivity index (χ0) is 17.7. The van der Waals surface area contributed by atoms with Gasteiger partial charge in [0.1, 0.15) is 48.8 Å². The molecule has 9 N–H and O–H groups in total. The van der Waals surface area contributed by atoms with Crippen molar-refractivity contribution in [2.45, 2.75) is 55.1 Å². The minimum absolute atomic E-state index is 0.655. The van der Waals surface area contributed by atoms with E-state index in [9.17, 15) is 35.7 Å². The molecule has 3 unspecified atom stereocenters. The highest BCUT2D eigenvalue weighted by molar-refractivity contribution is 4.89. The van der Waals surface area contributed by atoms with Crippen LogP contribution in [0.25, 0.3) is 0 Å². The zero-order valence-corrected chi connectivity index (χ0v) is 12.2. The highest BCUT2D eigenvalue weighted by Gasteiger charge is 2.44. The van der Waals surface area contributed by atoms with E-state index in [4.69, 9.17) is 19.7 Å². The summed E-state index contributed by atoms with van der Waals surface area (Å²) < 4.78 is 9.99. The van der Waals surface area contributed by atoms with Crippen LogP contribution in [0.1, 0.15) is 0 Å². The first kappa shape index (κ1) is 20.6. The highest BCUT2D eigenvalue weighted by atomic mass is 16.7. The van der Waals surface area contributed by atoms with Gasteiger partial charge in [-0.1, -0.05) is 0 Å². The van der Waals surface area contributed by atoms with Crippen LogP contribution in [-0.2, 0) is 9.47 Å². The molecular formula is C12H24O11. The summed E-state index contributed by atoms with van der Waals surface area (Å²) in [5.41, 5.74) is 0. The van der Waals surface area contributed by atoms with Gasteiger partial charge in [-0.05, 0) is 0 Å². The van der Waals surface area contributed by atoms with Gasteiger partial charge in [0, 0.05) is 0 Å². The molecular weight excluding hydrogens is 320 g/mol. The highest BCUT2D eigenvalue weighted by Crippen LogP contribution is 2.22. The van der Waals surface area contributed by atoms with Crippen LogP contribution in [0.15, 0.2) is 0 Å². The van der Waals surface area contributed by atoms with E-state index in [1.165, 1.54) is 0 Å². The smallest absolute Gasteiger partial charge is 0.186 e. The second-order valence-corrected chi connectivity index (χ2v) is 5.33. The minimum Gasteiger partial charge on any atom is -0.394 e. The van der Waals surface area contributed by atoms with Gasteiger partial charge in [0.2, 0.25) is 0 Å². The monoisotopic (exact) mass is 344 g/mol. The van der Waals surface area contributed by atoms with Gasteiger partial charge >= 0.3 is 0 Å². The van der Waals surface area contributed by atoms with Gasteiger partial charge in [-0.3, -0.25) is 0 Å². The van der Waals surface area contributed by atoms with Crippen molar-refractivity contribution in [2.75, 3.05) is 19.8 Å². The number of aliphatic hydroxyl groups is 9. The molecule has 0 saturated carbocycles. The maximum Gasteiger partial charge on any atom is 0.186 e. The SMILES string of the molecule is OCC1O[C@H](OCC(O)[C@@H](O)[C@H](O)[C@@H](O)CO)C(O)[C@@H](O)[C@@H]1O. The Bertz CT molecular complexity index is 341. The Labute approximate surface area is 131 Å². The van der Waals surface area contributed by atoms with Crippen molar-refractivity contribution >= 4 is 0 Å². The molecule has 0 bridgehead atoms. The molecule has 0 spiro atoms. The standard InChI is InChI=1S/C12H24O11/c13-1-4(15)7(17)8(18)5(16)3-22-12-11(21)10(20)9(19)6(2-14)23-12/h4-21H,1-3H2/t4-,5?,6?,7+,8+,9+,10-,11?,12-/m0/s1. The quantitative estimate of drug-likeness (QED) is 0.203. The molecule has 11 heteroatoms. The summed E-state index contributed by atoms with van der Waals surface area (Å²) in [7, 11) is 0. The van der Waals surface area contributed by atoms with Gasteiger partial charge in [-0.2, -0.15) is 0 Å². The summed E-state index contributed by atoms with van der Waals surface area (Å²) in [5, 5.41) is 84.4. The van der Waals surface area contributed by atoms with Crippen LogP contribution in [0.5, 0.6) is 0 Å². The van der Waals surface area contributed by atoms with Gasteiger partial charge in [-0.25, -0.2) is 0 Å². The minimum atomic E-state index is -1.86. The molecule has 1 aliphatic rings. The first-order chi connectivity index (χ1) is 10.7. The summed E-state index contributed by atoms with van der Waals surface area (Å²) in [5.74, 6) is 0. The third-order valence-electron chi connectivity index (χ3n) is 3.61. The molecule has 0 aromatic rings. The summed E-state index contributed by atoms with van der Waals surface area (Å²) in [4.78, 5) is 0. The van der Waals surface area contributed by atoms with Crippen molar-refractivity contribution in [1.82, 2.24) is 0 Å². The molecule has 0 aliphatic carbocycles. The van der Waals surface area contributed by atoms with E-state index in [0.717, 1.165) is 0 Å². The van der Waals surface area contributed by atoms with Gasteiger partial charge in [0.25, 0.3) is 0 Å². The first-order valence-electron chi connectivity index (χ1n) is 6.99. The van der Waals surface area contributed by atoms with E-state index in [-0.39, 0.29) is 0 Å². The third-order valence-corrected chi connectivity index (χ3v) is 3.61. The van der Waals surface area contributed by atoms with Crippen LogP contribution >= 0.6 is 0 Å². The van der Waals surface area contributed by atoms with Crippen LogP contribution in [0.2, 0.25) is 0 Å². The Morgan fingerprint density at radius 1 is 0.826 bits per heavy atom. The Hall–Kier alpha value is -0.440. The lowest BCUT2D eigenvalue weighted by molar-refractivity contribution is -0.306. The second kappa shape index (κ2) is 9.15. The molecule has 1 saturated heterocycles. The maximum absolute atomic E-state index is 9.70. The predicted molar refractivity (Wildman–Crippen MR) is 70.8 cm³/mol. The van der Waals surface area contributed by atoms with Crippen LogP contribution in [-0.4, -0.2) is 121 Å². The van der Waals surface area contributed by atoms with E-state index in [0.29, 0.717) is 0 Å². The van der Waals surface area contributed by atoms with Crippen molar-refractivity contribution in [1.29, 1.82) is 0 Å². The molecule has 138 valence electrons. The van der Waals surface area contributed by atoms with Crippen LogP contribution in [0, 0.1) is 0 Å². The summed E-state index contributed by atoms with van der Waals surface area (Å²) >= 11 is 0. The number of aliphatic hydroxyl groups excluding tert-OH is 9. The number of ether oxygens (including phenoxy) is 2. The van der Waals surface area contributed by atoms with E-state index in [2.05, 4.69) is 0 Å². The Morgan fingerprint density at radius 3 is 1.91 bits per heavy atom. The van der Waals surface area contributed by atoms with Gasteiger partial charge in [0.05, 0.1) is 19.8 Å². The molecule has 9 atom stereocenters. The lowest BCUT2D eigenvalue weighted by atomic mass is 9.99. The van der Waals surface area contributed by atoms with Gasteiger partial charge < -0.3 is 55.4 Å². The van der Waals surface area contributed by atoms with Crippen molar-refractivity contribution in [3.63, 3.8) is 0 Å². The average Bonchev–Trinajstić information content (AvgIpc) is 2.56. The van der Waals surface area contributed by atoms with Gasteiger partial charge in [0.15, 0.2) is 6.29 Å². The second-order valence-electron chi connectivity index (χ2n) is 5.33. The number of hydrogen-bond donors (Lipinski definition) is 9. The summed E-state index contributed by atoms with van der Waals surface area (Å²) in [6, 6.07) is 0. The van der Waals surface area contributed by atoms with Crippen LogP contribution < -0.4 is 0 Å². The Kier molecular flexibility index (Phi) is 8.20. The number of hydrogen-bond acceptors (Lipinski definition) is 11. The first-order valence-corrected chi connectivity index (χ1v) is 6.99. The average molecular weight is 344 g/mol. The molecule has 1 aliphatic heterocycles. The van der Waals surface area contributed by atoms with Crippen molar-refractivity contribution in [3.8, 4) is 0 Å². The van der Waals surface area contributed by atoms with Gasteiger partial charge in [-0.15, -0.1) is 0 Å². The molecule has 1 heterocycles. The van der Waals surface area contributed by atoms with E-state index < -0.39 is 74.9 Å². The predicted octanol–water partition coefficient (Wildman–Crippen LogP) is -5.76. The summed E-state index contributed by atoms with van der Waals surface area (Å²) in [6.07, 6.45) is -14.7. The number of rotatable bonds is 8. The fourth-order valence-corrected chi connectivity index (χ4v) is 2.06. The fourth-order valence-electron chi connectivity index (χ4n) is 2.06. The molecule has 1 fully saturated rings. The van der Waals surface area contributed by atoms with Crippen LogP contribution in [0.4, 0.5) is 0 Å². The van der Waals surface area contributed by atoms with Crippen LogP contribution in [0.3, 0.4) is 0 Å². The molecule has 1 rings (SSSR count). The topological polar surface area (TPSA) is 201 Å². The molecule has 23 heavy (non-hydrogen) atoms. The normalized spacial score (nSPS) is 37.2. The maximum atomic E-state index is 9.70. The van der Waals surface area contributed by atoms with E-state index in [1.807, 2.05) is 0 Å². The lowest BCUT2D eigenvalue weighted by Crippen LogP contribution is -2.59. The molecule has 11 nitrogen and oxygen atoms in total. The Morgan fingerprint density at radius 2 is 1.39 bits per heavy atom.